The smallest absolute Gasteiger partial charge is 0.319 e. The first-order chi connectivity index (χ1) is 10.0. The van der Waals surface area contributed by atoms with E-state index in [0.717, 1.165) is 5.56 Å². The minimum absolute atomic E-state index is 0.0555. The summed E-state index contributed by atoms with van der Waals surface area (Å²) in [5.41, 5.74) is 6.45. The van der Waals surface area contributed by atoms with Crippen molar-refractivity contribution in [2.45, 2.75) is 6.61 Å². The van der Waals surface area contributed by atoms with E-state index in [4.69, 9.17) is 11.0 Å². The summed E-state index contributed by atoms with van der Waals surface area (Å²) < 4.78 is 4.50. The summed E-state index contributed by atoms with van der Waals surface area (Å²) in [6.07, 6.45) is 0. The van der Waals surface area contributed by atoms with Gasteiger partial charge in [-0.3, -0.25) is 10.1 Å². The van der Waals surface area contributed by atoms with Gasteiger partial charge in [-0.2, -0.15) is 4.99 Å². The standard InChI is InChI=1S/C12H16N4O5/c1-20-11(13)16-10(17)6-14-12(18)15-9-4-2-8(3-5-9)7-21-19/h2-5,19H,6-7H2,1H3,(H2,13,16,17)(H2,14,15,18). The zero-order valence-corrected chi connectivity index (χ0v) is 11.3. The molecule has 0 atom stereocenters. The van der Waals surface area contributed by atoms with Crippen molar-refractivity contribution in [3.05, 3.63) is 29.8 Å². The maximum absolute atomic E-state index is 11.5. The Kier molecular flexibility index (Phi) is 6.65. The fraction of sp³-hybridized carbons (Fsp3) is 0.250. The number of urea groups is 1. The Morgan fingerprint density at radius 1 is 1.33 bits per heavy atom. The van der Waals surface area contributed by atoms with E-state index in [1.165, 1.54) is 7.11 Å². The molecule has 3 amide bonds. The van der Waals surface area contributed by atoms with Gasteiger partial charge in [0.15, 0.2) is 0 Å². The molecule has 0 aliphatic carbocycles. The number of aliphatic imine (C=N–C) groups is 1. The van der Waals surface area contributed by atoms with E-state index >= 15 is 0 Å². The van der Waals surface area contributed by atoms with Gasteiger partial charge in [0.25, 0.3) is 11.9 Å². The fourth-order valence-electron chi connectivity index (χ4n) is 1.30. The van der Waals surface area contributed by atoms with Gasteiger partial charge in [0.05, 0.1) is 7.11 Å². The number of hydrogen-bond acceptors (Lipinski definition) is 5. The van der Waals surface area contributed by atoms with Gasteiger partial charge >= 0.3 is 6.03 Å². The molecule has 0 unspecified atom stereocenters. The van der Waals surface area contributed by atoms with Crippen molar-refractivity contribution < 1.29 is 24.5 Å². The van der Waals surface area contributed by atoms with Crippen LogP contribution in [0.4, 0.5) is 10.5 Å². The molecule has 0 aliphatic heterocycles. The molecule has 9 nitrogen and oxygen atoms in total. The second kappa shape index (κ2) is 8.51. The molecule has 0 saturated heterocycles. The predicted molar refractivity (Wildman–Crippen MR) is 74.5 cm³/mol. The van der Waals surface area contributed by atoms with Crippen LogP contribution < -0.4 is 16.4 Å². The lowest BCUT2D eigenvalue weighted by molar-refractivity contribution is -0.253. The van der Waals surface area contributed by atoms with E-state index < -0.39 is 11.9 Å². The highest BCUT2D eigenvalue weighted by Gasteiger charge is 2.06. The number of nitrogens with zero attached hydrogens (tertiary/aromatic N) is 1. The van der Waals surface area contributed by atoms with Crippen LogP contribution in [0.1, 0.15) is 5.56 Å². The Hall–Kier alpha value is -2.65. The van der Waals surface area contributed by atoms with Crippen molar-refractivity contribution in [1.29, 1.82) is 0 Å². The van der Waals surface area contributed by atoms with Gasteiger partial charge in [0, 0.05) is 5.69 Å². The van der Waals surface area contributed by atoms with E-state index in [0.29, 0.717) is 5.69 Å². The summed E-state index contributed by atoms with van der Waals surface area (Å²) >= 11 is 0. The summed E-state index contributed by atoms with van der Waals surface area (Å²) in [6.45, 7) is -0.258. The van der Waals surface area contributed by atoms with Crippen molar-refractivity contribution in [3.8, 4) is 0 Å². The Bertz CT molecular complexity index is 515. The normalized spacial score (nSPS) is 10.9. The largest absolute Gasteiger partial charge is 0.468 e. The molecule has 0 saturated carbocycles. The molecular weight excluding hydrogens is 280 g/mol. The van der Waals surface area contributed by atoms with Gasteiger partial charge in [-0.15, -0.1) is 0 Å². The Labute approximate surface area is 120 Å². The number of nitrogens with one attached hydrogen (secondary N) is 2. The quantitative estimate of drug-likeness (QED) is 0.267. The summed E-state index contributed by atoms with van der Waals surface area (Å²) in [5, 5.41) is 13.1. The number of amidine groups is 1. The van der Waals surface area contributed by atoms with Gasteiger partial charge in [-0.1, -0.05) is 12.1 Å². The molecule has 9 heteroatoms. The number of benzene rings is 1. The maximum atomic E-state index is 11.5. The van der Waals surface area contributed by atoms with E-state index in [9.17, 15) is 9.59 Å². The zero-order chi connectivity index (χ0) is 15.7. The Balaban J connectivity index is 2.41. The minimum atomic E-state index is -0.639. The minimum Gasteiger partial charge on any atom is -0.468 e. The second-order valence-corrected chi connectivity index (χ2v) is 3.83. The monoisotopic (exact) mass is 296 g/mol. The number of nitrogens with two attached hydrogens (primary N) is 1. The van der Waals surface area contributed by atoms with E-state index in [1.807, 2.05) is 0 Å². The van der Waals surface area contributed by atoms with Crippen LogP contribution in [0, 0.1) is 0 Å². The molecule has 114 valence electrons. The van der Waals surface area contributed by atoms with Crippen LogP contribution in [0.25, 0.3) is 0 Å². The molecule has 5 N–H and O–H groups in total. The third-order valence-corrected chi connectivity index (χ3v) is 2.29. The van der Waals surface area contributed by atoms with Gasteiger partial charge < -0.3 is 21.1 Å². The molecule has 0 spiro atoms. The molecular formula is C12H16N4O5. The summed E-state index contributed by atoms with van der Waals surface area (Å²) in [4.78, 5) is 30.1. The molecule has 1 rings (SSSR count). The second-order valence-electron chi connectivity index (χ2n) is 3.83. The third kappa shape index (κ3) is 6.36. The van der Waals surface area contributed by atoms with E-state index in [-0.39, 0.29) is 19.2 Å². The number of ether oxygens (including phenoxy) is 1. The van der Waals surface area contributed by atoms with Crippen LogP contribution in [0.3, 0.4) is 0 Å². The lowest BCUT2D eigenvalue weighted by atomic mass is 10.2. The molecule has 1 aromatic carbocycles. The van der Waals surface area contributed by atoms with Crippen LogP contribution in [0.2, 0.25) is 0 Å². The maximum Gasteiger partial charge on any atom is 0.319 e. The van der Waals surface area contributed by atoms with Crippen molar-refractivity contribution in [1.82, 2.24) is 5.32 Å². The average molecular weight is 296 g/mol. The highest BCUT2D eigenvalue weighted by Crippen LogP contribution is 2.09. The lowest BCUT2D eigenvalue weighted by Crippen LogP contribution is -2.33. The molecule has 1 aromatic rings. The van der Waals surface area contributed by atoms with Gasteiger partial charge in [0.2, 0.25) is 0 Å². The number of amides is 3. The topological polar surface area (TPSA) is 135 Å². The lowest BCUT2D eigenvalue weighted by Gasteiger charge is -2.07. The van der Waals surface area contributed by atoms with Crippen LogP contribution >= 0.6 is 0 Å². The highest BCUT2D eigenvalue weighted by molar-refractivity contribution is 5.95. The van der Waals surface area contributed by atoms with Crippen LogP contribution in [0.5, 0.6) is 0 Å². The molecule has 0 heterocycles. The van der Waals surface area contributed by atoms with Crippen LogP contribution in [-0.4, -0.2) is 36.9 Å². The third-order valence-electron chi connectivity index (χ3n) is 2.29. The molecule has 0 bridgehead atoms. The average Bonchev–Trinajstić information content (AvgIpc) is 2.47. The Morgan fingerprint density at radius 2 is 2.00 bits per heavy atom. The first-order valence-electron chi connectivity index (χ1n) is 5.86. The van der Waals surface area contributed by atoms with E-state index in [1.54, 1.807) is 24.3 Å². The van der Waals surface area contributed by atoms with Gasteiger partial charge in [0.1, 0.15) is 13.2 Å². The first kappa shape index (κ1) is 16.4. The zero-order valence-electron chi connectivity index (χ0n) is 11.3. The summed E-state index contributed by atoms with van der Waals surface area (Å²) in [5.74, 6) is -0.639. The molecule has 0 radical (unpaired) electrons. The van der Waals surface area contributed by atoms with Crippen molar-refractivity contribution in [3.63, 3.8) is 0 Å². The van der Waals surface area contributed by atoms with Gasteiger partial charge in [-0.25, -0.2) is 9.68 Å². The summed E-state index contributed by atoms with van der Waals surface area (Å²) in [6, 6.07) is 5.74. The highest BCUT2D eigenvalue weighted by atomic mass is 17.1. The molecule has 21 heavy (non-hydrogen) atoms. The number of carbonyl (C=O) groups excluding carboxylic acids is 2. The number of methoxy groups -OCH3 is 1. The predicted octanol–water partition coefficient (Wildman–Crippen LogP) is 0.285. The Morgan fingerprint density at radius 3 is 2.57 bits per heavy atom. The van der Waals surface area contributed by atoms with Crippen molar-refractivity contribution in [2.75, 3.05) is 19.0 Å². The fourth-order valence-corrected chi connectivity index (χ4v) is 1.30. The SMILES string of the molecule is COC(N)=NC(=O)CNC(=O)Nc1ccc(COO)cc1. The number of carbonyl (C=O) groups is 2. The van der Waals surface area contributed by atoms with Gasteiger partial charge in [-0.05, 0) is 17.7 Å². The van der Waals surface area contributed by atoms with E-state index in [2.05, 4.69) is 25.3 Å². The van der Waals surface area contributed by atoms with Crippen LogP contribution in [0.15, 0.2) is 29.3 Å². The molecule has 0 aromatic heterocycles. The number of anilines is 1. The van der Waals surface area contributed by atoms with Crippen LogP contribution in [-0.2, 0) is 21.0 Å². The molecule has 0 aliphatic rings. The number of hydrogen-bond donors (Lipinski definition) is 4. The van der Waals surface area contributed by atoms with Crippen molar-refractivity contribution in [2.24, 2.45) is 10.7 Å². The summed E-state index contributed by atoms with van der Waals surface area (Å²) in [7, 11) is 1.28. The first-order valence-corrected chi connectivity index (χ1v) is 5.86. The van der Waals surface area contributed by atoms with Crippen molar-refractivity contribution >= 4 is 23.6 Å². The number of rotatable bonds is 5. The molecule has 0 fully saturated rings.